The fourth-order valence-corrected chi connectivity index (χ4v) is 3.65. The number of aliphatic hydroxyl groups is 2. The van der Waals surface area contributed by atoms with Crippen molar-refractivity contribution < 1.29 is 10.2 Å². The molecule has 2 heteroatoms. The molecule has 2 N–H and O–H groups in total. The highest BCUT2D eigenvalue weighted by molar-refractivity contribution is 5.04. The second-order valence-electron chi connectivity index (χ2n) is 6.48. The summed E-state index contributed by atoms with van der Waals surface area (Å²) in [5.41, 5.74) is 0. The third-order valence-corrected chi connectivity index (χ3v) is 5.03. The molecule has 0 heterocycles. The van der Waals surface area contributed by atoms with Crippen LogP contribution in [0.4, 0.5) is 0 Å². The van der Waals surface area contributed by atoms with E-state index in [9.17, 15) is 10.2 Å². The number of rotatable bonds is 11. The molecule has 0 saturated heterocycles. The zero-order valence-electron chi connectivity index (χ0n) is 13.7. The molecule has 21 heavy (non-hydrogen) atoms. The van der Waals surface area contributed by atoms with Crippen molar-refractivity contribution in [2.24, 2.45) is 23.7 Å². The van der Waals surface area contributed by atoms with Crippen LogP contribution in [0.1, 0.15) is 58.3 Å². The van der Waals surface area contributed by atoms with Gasteiger partial charge in [-0.2, -0.15) is 0 Å². The van der Waals surface area contributed by atoms with Gasteiger partial charge < -0.3 is 10.2 Å². The van der Waals surface area contributed by atoms with Gasteiger partial charge in [0.25, 0.3) is 0 Å². The summed E-state index contributed by atoms with van der Waals surface area (Å²) in [6.45, 7) is 6.45. The first-order valence-corrected chi connectivity index (χ1v) is 8.79. The van der Waals surface area contributed by atoms with Crippen LogP contribution in [-0.2, 0) is 0 Å². The third kappa shape index (κ3) is 5.96. The van der Waals surface area contributed by atoms with Crippen LogP contribution in [-0.4, -0.2) is 23.4 Å². The summed E-state index contributed by atoms with van der Waals surface area (Å²) in [4.78, 5) is 0. The molecule has 4 unspecified atom stereocenters. The highest BCUT2D eigenvalue weighted by Gasteiger charge is 2.39. The fraction of sp³-hybridized carbons (Fsp3) is 0.789. The Morgan fingerprint density at radius 1 is 0.952 bits per heavy atom. The van der Waals surface area contributed by atoms with Gasteiger partial charge >= 0.3 is 0 Å². The van der Waals surface area contributed by atoms with E-state index in [1.54, 1.807) is 0 Å². The van der Waals surface area contributed by atoms with Crippen molar-refractivity contribution in [3.05, 3.63) is 24.8 Å². The largest absolute Gasteiger partial charge is 0.396 e. The minimum Gasteiger partial charge on any atom is -0.396 e. The van der Waals surface area contributed by atoms with Crippen LogP contribution < -0.4 is 0 Å². The third-order valence-electron chi connectivity index (χ3n) is 5.03. The number of allylic oxidation sites excluding steroid dienone is 3. The second kappa shape index (κ2) is 11.0. The van der Waals surface area contributed by atoms with E-state index in [-0.39, 0.29) is 25.0 Å². The van der Waals surface area contributed by atoms with Crippen molar-refractivity contribution in [3.63, 3.8) is 0 Å². The Balaban J connectivity index is 2.29. The van der Waals surface area contributed by atoms with Gasteiger partial charge in [0.2, 0.25) is 0 Å². The Labute approximate surface area is 131 Å². The number of unbranched alkanes of at least 4 members (excludes halogenated alkanes) is 6. The number of hydrogen-bond donors (Lipinski definition) is 2. The maximum atomic E-state index is 9.60. The van der Waals surface area contributed by atoms with Crippen LogP contribution in [0.3, 0.4) is 0 Å². The first kappa shape index (κ1) is 18.4. The van der Waals surface area contributed by atoms with Crippen LogP contribution in [0.25, 0.3) is 0 Å². The van der Waals surface area contributed by atoms with E-state index in [2.05, 4.69) is 25.7 Å². The summed E-state index contributed by atoms with van der Waals surface area (Å²) < 4.78 is 0. The number of aliphatic hydroxyl groups excluding tert-OH is 2. The quantitative estimate of drug-likeness (QED) is 0.440. The normalized spacial score (nSPS) is 29.3. The van der Waals surface area contributed by atoms with E-state index in [0.717, 1.165) is 12.8 Å². The molecular weight excluding hydrogens is 260 g/mol. The maximum absolute atomic E-state index is 9.60. The summed E-state index contributed by atoms with van der Waals surface area (Å²) in [6, 6.07) is 0. The van der Waals surface area contributed by atoms with Crippen LogP contribution in [0.5, 0.6) is 0 Å². The van der Waals surface area contributed by atoms with Crippen molar-refractivity contribution in [2.45, 2.75) is 58.3 Å². The molecule has 0 aromatic carbocycles. The Bertz CT molecular complexity index is 298. The molecule has 1 fully saturated rings. The van der Waals surface area contributed by atoms with Crippen molar-refractivity contribution in [1.82, 2.24) is 0 Å². The molecule has 0 bridgehead atoms. The predicted molar refractivity (Wildman–Crippen MR) is 90.1 cm³/mol. The molecule has 0 spiro atoms. The smallest absolute Gasteiger partial charge is 0.0468 e. The molecule has 0 radical (unpaired) electrons. The number of hydrogen-bond acceptors (Lipinski definition) is 2. The van der Waals surface area contributed by atoms with E-state index < -0.39 is 0 Å². The average molecular weight is 294 g/mol. The lowest BCUT2D eigenvalue weighted by atomic mass is 9.88. The Morgan fingerprint density at radius 3 is 2.19 bits per heavy atom. The highest BCUT2D eigenvalue weighted by atomic mass is 16.3. The van der Waals surface area contributed by atoms with E-state index in [1.807, 2.05) is 6.08 Å². The molecule has 0 amide bonds. The predicted octanol–water partition coefficient (Wildman–Crippen LogP) is 4.33. The zero-order valence-corrected chi connectivity index (χ0v) is 13.7. The average Bonchev–Trinajstić information content (AvgIpc) is 2.86. The van der Waals surface area contributed by atoms with Crippen LogP contribution in [0.15, 0.2) is 24.8 Å². The molecule has 2 nitrogen and oxygen atoms in total. The molecule has 0 aromatic heterocycles. The lowest BCUT2D eigenvalue weighted by Gasteiger charge is -2.20. The van der Waals surface area contributed by atoms with Gasteiger partial charge in [-0.25, -0.2) is 0 Å². The Morgan fingerprint density at radius 2 is 1.57 bits per heavy atom. The fourth-order valence-electron chi connectivity index (χ4n) is 3.65. The standard InChI is InChI=1S/C19H34O2/c1-3-5-6-7-8-9-10-11-12-17-13-16(4-2)18(14-20)19(17)15-21/h4,11-12,16-21H,2-3,5-10,13-15H2,1H3. The molecule has 1 saturated carbocycles. The maximum Gasteiger partial charge on any atom is 0.0468 e. The van der Waals surface area contributed by atoms with Gasteiger partial charge in [0.15, 0.2) is 0 Å². The summed E-state index contributed by atoms with van der Waals surface area (Å²) in [7, 11) is 0. The van der Waals surface area contributed by atoms with Gasteiger partial charge in [0.05, 0.1) is 0 Å². The first-order valence-electron chi connectivity index (χ1n) is 8.79. The lowest BCUT2D eigenvalue weighted by molar-refractivity contribution is 0.117. The minimum atomic E-state index is 0.156. The molecular formula is C19H34O2. The molecule has 1 aliphatic rings. The summed E-state index contributed by atoms with van der Waals surface area (Å²) >= 11 is 0. The van der Waals surface area contributed by atoms with E-state index in [0.29, 0.717) is 11.8 Å². The molecule has 0 aliphatic heterocycles. The highest BCUT2D eigenvalue weighted by Crippen LogP contribution is 2.42. The summed E-state index contributed by atoms with van der Waals surface area (Å²) in [5.74, 6) is 1.11. The molecule has 0 aromatic rings. The van der Waals surface area contributed by atoms with Gasteiger partial charge in [-0.05, 0) is 42.9 Å². The van der Waals surface area contributed by atoms with Gasteiger partial charge in [0.1, 0.15) is 0 Å². The van der Waals surface area contributed by atoms with Gasteiger partial charge in [-0.15, -0.1) is 6.58 Å². The van der Waals surface area contributed by atoms with Crippen LogP contribution in [0.2, 0.25) is 0 Å². The van der Waals surface area contributed by atoms with Crippen molar-refractivity contribution in [1.29, 1.82) is 0 Å². The summed E-state index contributed by atoms with van der Waals surface area (Å²) in [6.07, 6.45) is 16.7. The van der Waals surface area contributed by atoms with Crippen molar-refractivity contribution in [3.8, 4) is 0 Å². The molecule has 122 valence electrons. The van der Waals surface area contributed by atoms with Crippen LogP contribution >= 0.6 is 0 Å². The van der Waals surface area contributed by atoms with Crippen molar-refractivity contribution in [2.75, 3.05) is 13.2 Å². The van der Waals surface area contributed by atoms with E-state index in [1.165, 1.54) is 38.5 Å². The van der Waals surface area contributed by atoms with Crippen molar-refractivity contribution >= 4 is 0 Å². The second-order valence-corrected chi connectivity index (χ2v) is 6.48. The monoisotopic (exact) mass is 294 g/mol. The van der Waals surface area contributed by atoms with E-state index >= 15 is 0 Å². The first-order chi connectivity index (χ1) is 10.3. The molecule has 4 atom stereocenters. The van der Waals surface area contributed by atoms with Gasteiger partial charge in [-0.3, -0.25) is 0 Å². The lowest BCUT2D eigenvalue weighted by Crippen LogP contribution is -2.23. The van der Waals surface area contributed by atoms with Crippen LogP contribution in [0, 0.1) is 23.7 Å². The minimum absolute atomic E-state index is 0.156. The topological polar surface area (TPSA) is 40.5 Å². The zero-order chi connectivity index (χ0) is 15.5. The van der Waals surface area contributed by atoms with E-state index in [4.69, 9.17) is 0 Å². The molecule has 1 rings (SSSR count). The summed E-state index contributed by atoms with van der Waals surface area (Å²) in [5, 5.41) is 19.1. The Kier molecular flexibility index (Phi) is 9.69. The van der Waals surface area contributed by atoms with Gasteiger partial charge in [-0.1, -0.05) is 57.3 Å². The van der Waals surface area contributed by atoms with Gasteiger partial charge in [0, 0.05) is 13.2 Å². The Hall–Kier alpha value is -0.600. The SMILES string of the molecule is C=CC1CC(C=CCCCCCCCC)C(CO)C1CO. The molecule has 1 aliphatic carbocycles.